The summed E-state index contributed by atoms with van der Waals surface area (Å²) in [6.45, 7) is 2.88. The molecule has 0 aliphatic heterocycles. The van der Waals surface area contributed by atoms with Crippen LogP contribution in [0.1, 0.15) is 24.2 Å². The fraction of sp³-hybridized carbons (Fsp3) is 0.231. The van der Waals surface area contributed by atoms with E-state index >= 15 is 0 Å². The molecule has 16 heavy (non-hydrogen) atoms. The van der Waals surface area contributed by atoms with Crippen molar-refractivity contribution < 1.29 is 0 Å². The Morgan fingerprint density at radius 1 is 1.19 bits per heavy atom. The highest BCUT2D eigenvalue weighted by Gasteiger charge is 2.03. The molecule has 3 nitrogen and oxygen atoms in total. The zero-order chi connectivity index (χ0) is 11.2. The van der Waals surface area contributed by atoms with Crippen molar-refractivity contribution in [2.45, 2.75) is 19.5 Å². The number of nitrogens with one attached hydrogen (secondary N) is 1. The second-order valence-electron chi connectivity index (χ2n) is 3.71. The molecular weight excluding hydrogens is 198 g/mol. The van der Waals surface area contributed by atoms with Crippen LogP contribution in [0.3, 0.4) is 0 Å². The molecule has 0 fully saturated rings. The Labute approximate surface area is 95.6 Å². The van der Waals surface area contributed by atoms with Gasteiger partial charge in [-0.25, -0.2) is 0 Å². The van der Waals surface area contributed by atoms with Crippen molar-refractivity contribution in [3.8, 4) is 0 Å². The van der Waals surface area contributed by atoms with E-state index in [2.05, 4.69) is 46.5 Å². The zero-order valence-corrected chi connectivity index (χ0v) is 9.30. The number of aromatic nitrogens is 2. The molecule has 1 heterocycles. The van der Waals surface area contributed by atoms with Crippen LogP contribution in [0, 0.1) is 0 Å². The minimum Gasteiger partial charge on any atom is -0.305 e. The van der Waals surface area contributed by atoms with Gasteiger partial charge >= 0.3 is 0 Å². The number of hydrogen-bond donors (Lipinski definition) is 1. The van der Waals surface area contributed by atoms with Crippen LogP contribution in [0.25, 0.3) is 0 Å². The quantitative estimate of drug-likeness (QED) is 0.847. The molecule has 3 heteroatoms. The first-order valence-electron chi connectivity index (χ1n) is 5.39. The molecule has 0 saturated carbocycles. The van der Waals surface area contributed by atoms with Gasteiger partial charge in [-0.3, -0.25) is 9.97 Å². The highest BCUT2D eigenvalue weighted by atomic mass is 14.9. The van der Waals surface area contributed by atoms with Crippen LogP contribution in [-0.4, -0.2) is 9.97 Å². The van der Waals surface area contributed by atoms with Gasteiger partial charge in [0.05, 0.1) is 5.69 Å². The molecule has 0 spiro atoms. The number of benzene rings is 1. The van der Waals surface area contributed by atoms with Crippen LogP contribution in [-0.2, 0) is 6.54 Å². The van der Waals surface area contributed by atoms with E-state index in [1.807, 2.05) is 6.07 Å². The van der Waals surface area contributed by atoms with Gasteiger partial charge in [0.15, 0.2) is 0 Å². The lowest BCUT2D eigenvalue weighted by Gasteiger charge is -2.13. The van der Waals surface area contributed by atoms with Crippen molar-refractivity contribution in [2.24, 2.45) is 0 Å². The Bertz CT molecular complexity index is 414. The first kappa shape index (κ1) is 10.8. The van der Waals surface area contributed by atoms with Crippen LogP contribution in [0.5, 0.6) is 0 Å². The Hall–Kier alpha value is -1.74. The van der Waals surface area contributed by atoms with E-state index in [4.69, 9.17) is 0 Å². The topological polar surface area (TPSA) is 37.8 Å². The predicted octanol–water partition coefficient (Wildman–Crippen LogP) is 2.33. The maximum Gasteiger partial charge on any atom is 0.0724 e. The van der Waals surface area contributed by atoms with Gasteiger partial charge in [0.25, 0.3) is 0 Å². The number of rotatable bonds is 4. The molecule has 0 bridgehead atoms. The maximum atomic E-state index is 4.22. The second kappa shape index (κ2) is 5.37. The lowest BCUT2D eigenvalue weighted by Crippen LogP contribution is -2.18. The summed E-state index contributed by atoms with van der Waals surface area (Å²) in [5.74, 6) is 0. The molecule has 0 radical (unpaired) electrons. The monoisotopic (exact) mass is 213 g/mol. The molecule has 0 amide bonds. The standard InChI is InChI=1S/C13H15N3/c1-11(12-5-3-2-4-6-12)16-10-13-9-14-7-8-15-13/h2-9,11,16H,10H2,1H3/t11-/m1/s1. The maximum absolute atomic E-state index is 4.22. The van der Waals surface area contributed by atoms with Crippen LogP contribution in [0.15, 0.2) is 48.9 Å². The van der Waals surface area contributed by atoms with Gasteiger partial charge in [-0.1, -0.05) is 30.3 Å². The van der Waals surface area contributed by atoms with E-state index in [1.54, 1.807) is 18.6 Å². The van der Waals surface area contributed by atoms with Crippen molar-refractivity contribution in [2.75, 3.05) is 0 Å². The van der Waals surface area contributed by atoms with Crippen molar-refractivity contribution in [3.63, 3.8) is 0 Å². The van der Waals surface area contributed by atoms with Gasteiger partial charge in [0.1, 0.15) is 0 Å². The molecule has 2 rings (SSSR count). The molecule has 0 unspecified atom stereocenters. The molecule has 0 aliphatic rings. The van der Waals surface area contributed by atoms with Gasteiger partial charge in [0.2, 0.25) is 0 Å². The highest BCUT2D eigenvalue weighted by Crippen LogP contribution is 2.11. The molecule has 1 N–H and O–H groups in total. The lowest BCUT2D eigenvalue weighted by molar-refractivity contribution is 0.566. The average Bonchev–Trinajstić information content (AvgIpc) is 2.38. The second-order valence-corrected chi connectivity index (χ2v) is 3.71. The summed E-state index contributed by atoms with van der Waals surface area (Å²) in [5, 5.41) is 3.41. The predicted molar refractivity (Wildman–Crippen MR) is 63.7 cm³/mol. The van der Waals surface area contributed by atoms with Crippen LogP contribution < -0.4 is 5.32 Å². The molecule has 82 valence electrons. The third-order valence-corrected chi connectivity index (χ3v) is 2.51. The van der Waals surface area contributed by atoms with Crippen molar-refractivity contribution in [1.82, 2.24) is 15.3 Å². The Kier molecular flexibility index (Phi) is 3.62. The highest BCUT2D eigenvalue weighted by molar-refractivity contribution is 5.18. The van der Waals surface area contributed by atoms with E-state index in [9.17, 15) is 0 Å². The fourth-order valence-electron chi connectivity index (χ4n) is 1.54. The largest absolute Gasteiger partial charge is 0.305 e. The summed E-state index contributed by atoms with van der Waals surface area (Å²) in [4.78, 5) is 8.25. The summed E-state index contributed by atoms with van der Waals surface area (Å²) < 4.78 is 0. The third kappa shape index (κ3) is 2.87. The van der Waals surface area contributed by atoms with Crippen LogP contribution in [0.4, 0.5) is 0 Å². The van der Waals surface area contributed by atoms with E-state index in [-0.39, 0.29) is 0 Å². The number of nitrogens with zero attached hydrogens (tertiary/aromatic N) is 2. The van der Waals surface area contributed by atoms with Gasteiger partial charge in [0, 0.05) is 31.2 Å². The van der Waals surface area contributed by atoms with Crippen LogP contribution >= 0.6 is 0 Å². The summed E-state index contributed by atoms with van der Waals surface area (Å²) in [6.07, 6.45) is 5.18. The van der Waals surface area contributed by atoms with Crippen molar-refractivity contribution in [1.29, 1.82) is 0 Å². The van der Waals surface area contributed by atoms with Gasteiger partial charge in [-0.05, 0) is 12.5 Å². The van der Waals surface area contributed by atoms with Gasteiger partial charge in [-0.2, -0.15) is 0 Å². The fourth-order valence-corrected chi connectivity index (χ4v) is 1.54. The van der Waals surface area contributed by atoms with Gasteiger partial charge in [-0.15, -0.1) is 0 Å². The summed E-state index contributed by atoms with van der Waals surface area (Å²) in [6, 6.07) is 10.7. The molecule has 0 saturated heterocycles. The Balaban J connectivity index is 1.92. The van der Waals surface area contributed by atoms with E-state index < -0.39 is 0 Å². The molecule has 1 atom stereocenters. The van der Waals surface area contributed by atoms with Crippen molar-refractivity contribution in [3.05, 3.63) is 60.2 Å². The zero-order valence-electron chi connectivity index (χ0n) is 9.30. The average molecular weight is 213 g/mol. The molecular formula is C13H15N3. The summed E-state index contributed by atoms with van der Waals surface area (Å²) in [5.41, 5.74) is 2.25. The summed E-state index contributed by atoms with van der Waals surface area (Å²) in [7, 11) is 0. The first-order valence-corrected chi connectivity index (χ1v) is 5.39. The SMILES string of the molecule is C[C@@H](NCc1cnccn1)c1ccccc1. The molecule has 0 aliphatic carbocycles. The molecule has 1 aromatic heterocycles. The Morgan fingerprint density at radius 3 is 2.69 bits per heavy atom. The number of hydrogen-bond acceptors (Lipinski definition) is 3. The summed E-state index contributed by atoms with van der Waals surface area (Å²) >= 11 is 0. The van der Waals surface area contributed by atoms with Gasteiger partial charge < -0.3 is 5.32 Å². The first-order chi connectivity index (χ1) is 7.86. The van der Waals surface area contributed by atoms with Crippen LogP contribution in [0.2, 0.25) is 0 Å². The molecule has 1 aromatic carbocycles. The normalized spacial score (nSPS) is 12.3. The molecule has 2 aromatic rings. The van der Waals surface area contributed by atoms with E-state index in [0.717, 1.165) is 12.2 Å². The minimum absolute atomic E-state index is 0.322. The smallest absolute Gasteiger partial charge is 0.0724 e. The Morgan fingerprint density at radius 2 is 2.00 bits per heavy atom. The van der Waals surface area contributed by atoms with Crippen molar-refractivity contribution >= 4 is 0 Å². The third-order valence-electron chi connectivity index (χ3n) is 2.51. The lowest BCUT2D eigenvalue weighted by atomic mass is 10.1. The van der Waals surface area contributed by atoms with E-state index in [1.165, 1.54) is 5.56 Å². The minimum atomic E-state index is 0.322. The van der Waals surface area contributed by atoms with E-state index in [0.29, 0.717) is 6.04 Å².